The van der Waals surface area contributed by atoms with Crippen molar-refractivity contribution >= 4 is 11.4 Å². The molecular weight excluding hydrogens is 342 g/mol. The Bertz CT molecular complexity index is 1110. The Kier molecular flexibility index (Phi) is 5.08. The van der Waals surface area contributed by atoms with E-state index in [-0.39, 0.29) is 17.8 Å². The van der Waals surface area contributed by atoms with E-state index >= 15 is 0 Å². The molecule has 3 rings (SSSR count). The Morgan fingerprint density at radius 1 is 1.19 bits per heavy atom. The van der Waals surface area contributed by atoms with Gasteiger partial charge >= 0.3 is 0 Å². The van der Waals surface area contributed by atoms with E-state index in [2.05, 4.69) is 15.2 Å². The molecule has 7 nitrogen and oxygen atoms in total. The SMILES string of the molecule is Cc1ccccc1N=Nc1c(C)c(C#N)c(O)n(Cc2cccnc2)c1=O. The van der Waals surface area contributed by atoms with Crippen LogP contribution in [0.1, 0.15) is 22.3 Å². The maximum Gasteiger partial charge on any atom is 0.281 e. The molecule has 1 aromatic carbocycles. The highest BCUT2D eigenvalue weighted by Gasteiger charge is 2.19. The zero-order valence-corrected chi connectivity index (χ0v) is 14.9. The lowest BCUT2D eigenvalue weighted by atomic mass is 10.1. The summed E-state index contributed by atoms with van der Waals surface area (Å²) < 4.78 is 1.11. The molecule has 0 fully saturated rings. The first-order valence-electron chi connectivity index (χ1n) is 8.25. The fourth-order valence-electron chi connectivity index (χ4n) is 2.66. The van der Waals surface area contributed by atoms with Gasteiger partial charge in [0.25, 0.3) is 5.56 Å². The summed E-state index contributed by atoms with van der Waals surface area (Å²) in [5.41, 5.74) is 2.04. The molecule has 0 radical (unpaired) electrons. The van der Waals surface area contributed by atoms with Gasteiger partial charge in [-0.05, 0) is 37.1 Å². The Hall–Kier alpha value is -3.79. The van der Waals surface area contributed by atoms with Gasteiger partial charge in [-0.2, -0.15) is 10.4 Å². The lowest BCUT2D eigenvalue weighted by Gasteiger charge is -2.13. The standard InChI is InChI=1S/C20H17N5O2/c1-13-6-3-4-8-17(13)23-24-18-14(2)16(10-21)19(26)25(20(18)27)12-15-7-5-9-22-11-15/h3-9,11,26H,12H2,1-2H3. The molecule has 0 saturated carbocycles. The minimum absolute atomic E-state index is 0.00257. The lowest BCUT2D eigenvalue weighted by Crippen LogP contribution is -2.22. The summed E-state index contributed by atoms with van der Waals surface area (Å²) in [6.07, 6.45) is 3.20. The topological polar surface area (TPSA) is 104 Å². The molecule has 0 amide bonds. The highest BCUT2D eigenvalue weighted by atomic mass is 16.3. The first-order valence-corrected chi connectivity index (χ1v) is 8.25. The van der Waals surface area contributed by atoms with E-state index in [0.717, 1.165) is 10.1 Å². The van der Waals surface area contributed by atoms with Crippen molar-refractivity contribution < 1.29 is 5.11 Å². The average Bonchev–Trinajstić information content (AvgIpc) is 2.67. The number of hydrogen-bond acceptors (Lipinski definition) is 6. The third kappa shape index (κ3) is 3.60. The molecule has 0 aliphatic rings. The fraction of sp³-hybridized carbons (Fsp3) is 0.150. The van der Waals surface area contributed by atoms with Crippen molar-refractivity contribution in [3.8, 4) is 11.9 Å². The minimum Gasteiger partial charge on any atom is -0.493 e. The van der Waals surface area contributed by atoms with Crippen LogP contribution in [-0.2, 0) is 6.54 Å². The summed E-state index contributed by atoms with van der Waals surface area (Å²) in [5.74, 6) is -0.390. The minimum atomic E-state index is -0.523. The third-order valence-corrected chi connectivity index (χ3v) is 4.21. The molecule has 0 unspecified atom stereocenters. The lowest BCUT2D eigenvalue weighted by molar-refractivity contribution is 0.412. The number of aryl methyl sites for hydroxylation is 1. The number of benzene rings is 1. The van der Waals surface area contributed by atoms with Crippen molar-refractivity contribution in [2.24, 2.45) is 10.2 Å². The summed E-state index contributed by atoms with van der Waals surface area (Å²) in [6.45, 7) is 3.53. The Labute approximate surface area is 155 Å². The normalized spacial score (nSPS) is 10.9. The molecule has 0 saturated heterocycles. The van der Waals surface area contributed by atoms with Crippen molar-refractivity contribution in [3.63, 3.8) is 0 Å². The maximum absolute atomic E-state index is 12.9. The molecule has 3 aromatic rings. The largest absolute Gasteiger partial charge is 0.493 e. The molecule has 0 aliphatic heterocycles. The second kappa shape index (κ2) is 7.62. The Morgan fingerprint density at radius 3 is 2.63 bits per heavy atom. The molecule has 2 heterocycles. The summed E-state index contributed by atoms with van der Waals surface area (Å²) >= 11 is 0. The van der Waals surface area contributed by atoms with E-state index < -0.39 is 11.4 Å². The van der Waals surface area contributed by atoms with Crippen molar-refractivity contribution in [1.82, 2.24) is 9.55 Å². The number of azo groups is 1. The third-order valence-electron chi connectivity index (χ3n) is 4.21. The van der Waals surface area contributed by atoms with E-state index in [1.54, 1.807) is 37.5 Å². The smallest absolute Gasteiger partial charge is 0.281 e. The summed E-state index contributed by atoms with van der Waals surface area (Å²) in [7, 11) is 0. The molecule has 0 atom stereocenters. The first kappa shape index (κ1) is 18.0. The number of nitriles is 1. The van der Waals surface area contributed by atoms with Gasteiger partial charge < -0.3 is 5.11 Å². The first-order chi connectivity index (χ1) is 13.0. The van der Waals surface area contributed by atoms with Gasteiger partial charge in [0.15, 0.2) is 5.69 Å². The molecule has 7 heteroatoms. The zero-order chi connectivity index (χ0) is 19.4. The van der Waals surface area contributed by atoms with Crippen LogP contribution < -0.4 is 5.56 Å². The highest BCUT2D eigenvalue weighted by molar-refractivity contribution is 5.57. The van der Waals surface area contributed by atoms with Gasteiger partial charge in [-0.1, -0.05) is 24.3 Å². The number of aromatic hydroxyl groups is 1. The molecule has 0 bridgehead atoms. The van der Waals surface area contributed by atoms with Crippen LogP contribution in [0.4, 0.5) is 11.4 Å². The van der Waals surface area contributed by atoms with Gasteiger partial charge in [0.05, 0.1) is 12.2 Å². The second-order valence-corrected chi connectivity index (χ2v) is 6.02. The number of nitrogens with zero attached hydrogens (tertiary/aromatic N) is 5. The van der Waals surface area contributed by atoms with Crippen LogP contribution in [0.15, 0.2) is 63.8 Å². The van der Waals surface area contributed by atoms with Gasteiger partial charge in [-0.15, -0.1) is 5.11 Å². The van der Waals surface area contributed by atoms with E-state index in [0.29, 0.717) is 16.8 Å². The predicted octanol–water partition coefficient (Wildman–Crippen LogP) is 3.90. The number of pyridine rings is 2. The van der Waals surface area contributed by atoms with Crippen molar-refractivity contribution in [3.05, 3.63) is 81.4 Å². The summed E-state index contributed by atoms with van der Waals surface area (Å²) in [6, 6.07) is 12.8. The predicted molar refractivity (Wildman–Crippen MR) is 101 cm³/mol. The number of hydrogen-bond donors (Lipinski definition) is 1. The Balaban J connectivity index is 2.14. The van der Waals surface area contributed by atoms with Crippen LogP contribution in [0.3, 0.4) is 0 Å². The van der Waals surface area contributed by atoms with Gasteiger partial charge in [0, 0.05) is 18.0 Å². The summed E-state index contributed by atoms with van der Waals surface area (Å²) in [4.78, 5) is 16.9. The van der Waals surface area contributed by atoms with Crippen LogP contribution in [0.5, 0.6) is 5.88 Å². The molecule has 134 valence electrons. The molecule has 1 N–H and O–H groups in total. The van der Waals surface area contributed by atoms with E-state index in [4.69, 9.17) is 0 Å². The van der Waals surface area contributed by atoms with E-state index in [1.807, 2.05) is 31.2 Å². The van der Waals surface area contributed by atoms with Crippen molar-refractivity contribution in [2.45, 2.75) is 20.4 Å². The van der Waals surface area contributed by atoms with Crippen LogP contribution in [-0.4, -0.2) is 14.7 Å². The summed E-state index contributed by atoms with van der Waals surface area (Å²) in [5, 5.41) is 28.1. The van der Waals surface area contributed by atoms with Gasteiger partial charge in [-0.3, -0.25) is 14.3 Å². The second-order valence-electron chi connectivity index (χ2n) is 6.02. The van der Waals surface area contributed by atoms with Gasteiger partial charge in [-0.25, -0.2) is 0 Å². The monoisotopic (exact) mass is 359 g/mol. The average molecular weight is 359 g/mol. The molecule has 0 aliphatic carbocycles. The molecule has 0 spiro atoms. The maximum atomic E-state index is 12.9. The van der Waals surface area contributed by atoms with Crippen molar-refractivity contribution in [2.75, 3.05) is 0 Å². The van der Waals surface area contributed by atoms with Gasteiger partial charge in [0.2, 0.25) is 5.88 Å². The van der Waals surface area contributed by atoms with Crippen LogP contribution >= 0.6 is 0 Å². The number of rotatable bonds is 4. The van der Waals surface area contributed by atoms with Crippen LogP contribution in [0, 0.1) is 25.2 Å². The van der Waals surface area contributed by atoms with Crippen LogP contribution in [0.25, 0.3) is 0 Å². The van der Waals surface area contributed by atoms with E-state index in [9.17, 15) is 15.2 Å². The molecule has 27 heavy (non-hydrogen) atoms. The fourth-order valence-corrected chi connectivity index (χ4v) is 2.66. The van der Waals surface area contributed by atoms with Crippen molar-refractivity contribution in [1.29, 1.82) is 5.26 Å². The Morgan fingerprint density at radius 2 is 1.96 bits per heavy atom. The van der Waals surface area contributed by atoms with Gasteiger partial charge in [0.1, 0.15) is 11.6 Å². The number of aromatic nitrogens is 2. The molecule has 2 aromatic heterocycles. The van der Waals surface area contributed by atoms with Crippen LogP contribution in [0.2, 0.25) is 0 Å². The van der Waals surface area contributed by atoms with E-state index in [1.165, 1.54) is 0 Å². The zero-order valence-electron chi connectivity index (χ0n) is 14.9. The highest BCUT2D eigenvalue weighted by Crippen LogP contribution is 2.28. The quantitative estimate of drug-likeness (QED) is 0.713. The molecular formula is C20H17N5O2.